The van der Waals surface area contributed by atoms with E-state index < -0.39 is 12.2 Å². The van der Waals surface area contributed by atoms with Gasteiger partial charge in [-0.15, -0.1) is 0 Å². The first kappa shape index (κ1) is 19.5. The third-order valence-corrected chi connectivity index (χ3v) is 5.10. The van der Waals surface area contributed by atoms with Crippen molar-refractivity contribution in [1.82, 2.24) is 5.32 Å². The third-order valence-electron chi connectivity index (χ3n) is 5.10. The molecule has 1 amide bonds. The van der Waals surface area contributed by atoms with E-state index in [4.69, 9.17) is 14.2 Å². The van der Waals surface area contributed by atoms with Gasteiger partial charge in [0.1, 0.15) is 5.75 Å². The van der Waals surface area contributed by atoms with E-state index >= 15 is 0 Å². The standard InChI is InChI=1S/C24H21NO5/c1-28-20-11-5-9-18(14-20)22-21(25-24(27)30-22)17-8-3-6-15(12-17)16-7-4-10-19(13-16)23(26)29-2/h3-14,21-22H,1-2H3,(H,25,27)/t21-,22-/m1/s1. The number of hydrogen-bond acceptors (Lipinski definition) is 5. The molecule has 0 bridgehead atoms. The summed E-state index contributed by atoms with van der Waals surface area (Å²) in [7, 11) is 2.96. The molecule has 3 aromatic carbocycles. The summed E-state index contributed by atoms with van der Waals surface area (Å²) in [6.45, 7) is 0. The molecule has 0 aliphatic carbocycles. The summed E-state index contributed by atoms with van der Waals surface area (Å²) in [5.74, 6) is 0.310. The maximum absolute atomic E-state index is 12.1. The van der Waals surface area contributed by atoms with Gasteiger partial charge in [0.05, 0.1) is 25.8 Å². The van der Waals surface area contributed by atoms with Crippen LogP contribution in [-0.4, -0.2) is 26.3 Å². The van der Waals surface area contributed by atoms with Crippen molar-refractivity contribution < 1.29 is 23.8 Å². The number of carbonyl (C=O) groups is 2. The molecule has 1 aliphatic heterocycles. The van der Waals surface area contributed by atoms with Crippen molar-refractivity contribution in [3.05, 3.63) is 89.5 Å². The molecule has 1 fully saturated rings. The lowest BCUT2D eigenvalue weighted by Crippen LogP contribution is -2.19. The third kappa shape index (κ3) is 3.85. The van der Waals surface area contributed by atoms with Crippen molar-refractivity contribution in [3.8, 4) is 16.9 Å². The van der Waals surface area contributed by atoms with Gasteiger partial charge in [0, 0.05) is 0 Å². The molecule has 6 heteroatoms. The Kier molecular flexibility index (Phi) is 5.39. The van der Waals surface area contributed by atoms with E-state index in [9.17, 15) is 9.59 Å². The minimum Gasteiger partial charge on any atom is -0.497 e. The van der Waals surface area contributed by atoms with E-state index in [1.165, 1.54) is 7.11 Å². The zero-order valence-corrected chi connectivity index (χ0v) is 16.6. The van der Waals surface area contributed by atoms with Crippen LogP contribution in [-0.2, 0) is 9.47 Å². The minimum absolute atomic E-state index is 0.353. The van der Waals surface area contributed by atoms with Gasteiger partial charge in [-0.25, -0.2) is 9.59 Å². The van der Waals surface area contributed by atoms with Crippen LogP contribution in [0.2, 0.25) is 0 Å². The molecule has 4 rings (SSSR count). The zero-order chi connectivity index (χ0) is 21.1. The molecule has 1 saturated heterocycles. The van der Waals surface area contributed by atoms with Gasteiger partial charge in [-0.2, -0.15) is 0 Å². The van der Waals surface area contributed by atoms with Gasteiger partial charge in [0.2, 0.25) is 0 Å². The molecule has 30 heavy (non-hydrogen) atoms. The Hall–Kier alpha value is -3.80. The van der Waals surface area contributed by atoms with Gasteiger partial charge in [-0.3, -0.25) is 0 Å². The predicted octanol–water partition coefficient (Wildman–Crippen LogP) is 4.67. The van der Waals surface area contributed by atoms with Crippen molar-refractivity contribution in [3.63, 3.8) is 0 Å². The fraction of sp³-hybridized carbons (Fsp3) is 0.167. The van der Waals surface area contributed by atoms with Crippen molar-refractivity contribution in [1.29, 1.82) is 0 Å². The summed E-state index contributed by atoms with van der Waals surface area (Å²) in [5, 5.41) is 2.90. The first-order valence-electron chi connectivity index (χ1n) is 9.49. The second-order valence-corrected chi connectivity index (χ2v) is 6.92. The number of ether oxygens (including phenoxy) is 3. The lowest BCUT2D eigenvalue weighted by molar-refractivity contribution is 0.0600. The number of hydrogen-bond donors (Lipinski definition) is 1. The van der Waals surface area contributed by atoms with Gasteiger partial charge >= 0.3 is 12.1 Å². The number of amides is 1. The first-order valence-corrected chi connectivity index (χ1v) is 9.49. The Labute approximate surface area is 174 Å². The van der Waals surface area contributed by atoms with Crippen molar-refractivity contribution in [2.24, 2.45) is 0 Å². The lowest BCUT2D eigenvalue weighted by Gasteiger charge is -2.19. The Balaban J connectivity index is 1.69. The number of alkyl carbamates (subject to hydrolysis) is 1. The van der Waals surface area contributed by atoms with Crippen molar-refractivity contribution in [2.75, 3.05) is 14.2 Å². The Morgan fingerprint density at radius 1 is 0.900 bits per heavy atom. The second-order valence-electron chi connectivity index (χ2n) is 6.92. The van der Waals surface area contributed by atoms with Crippen LogP contribution in [0.4, 0.5) is 4.79 Å². The smallest absolute Gasteiger partial charge is 0.408 e. The summed E-state index contributed by atoms with van der Waals surface area (Å²) in [5.41, 5.74) is 4.02. The topological polar surface area (TPSA) is 73.9 Å². The summed E-state index contributed by atoms with van der Waals surface area (Å²) in [6.07, 6.45) is -0.949. The average molecular weight is 403 g/mol. The lowest BCUT2D eigenvalue weighted by atomic mass is 9.93. The molecule has 2 atom stereocenters. The van der Waals surface area contributed by atoms with Crippen LogP contribution < -0.4 is 10.1 Å². The number of esters is 1. The average Bonchev–Trinajstić information content (AvgIpc) is 3.20. The molecule has 0 spiro atoms. The molecule has 0 radical (unpaired) electrons. The largest absolute Gasteiger partial charge is 0.497 e. The second kappa shape index (κ2) is 8.29. The number of carbonyl (C=O) groups excluding carboxylic acids is 2. The van der Waals surface area contributed by atoms with Crippen LogP contribution in [0.1, 0.15) is 33.6 Å². The van der Waals surface area contributed by atoms with Crippen LogP contribution in [0.3, 0.4) is 0 Å². The predicted molar refractivity (Wildman–Crippen MR) is 111 cm³/mol. The minimum atomic E-state index is -0.482. The van der Waals surface area contributed by atoms with Crippen LogP contribution in [0, 0.1) is 0 Å². The number of rotatable bonds is 5. The monoisotopic (exact) mass is 403 g/mol. The molecule has 1 aliphatic rings. The van der Waals surface area contributed by atoms with Crippen LogP contribution >= 0.6 is 0 Å². The fourth-order valence-corrected chi connectivity index (χ4v) is 3.61. The van der Waals surface area contributed by atoms with Crippen molar-refractivity contribution in [2.45, 2.75) is 12.1 Å². The molecule has 0 unspecified atom stereocenters. The summed E-state index contributed by atoms with van der Waals surface area (Å²) < 4.78 is 15.7. The molecule has 1 N–H and O–H groups in total. The Morgan fingerprint density at radius 2 is 1.60 bits per heavy atom. The highest BCUT2D eigenvalue weighted by Crippen LogP contribution is 2.38. The van der Waals surface area contributed by atoms with Crippen LogP contribution in [0.15, 0.2) is 72.8 Å². The highest BCUT2D eigenvalue weighted by Gasteiger charge is 2.36. The molecule has 152 valence electrons. The Bertz CT molecular complexity index is 1090. The fourth-order valence-electron chi connectivity index (χ4n) is 3.61. The van der Waals surface area contributed by atoms with Gasteiger partial charge in [0.15, 0.2) is 6.10 Å². The number of cyclic esters (lactones) is 1. The molecular formula is C24H21NO5. The summed E-state index contributed by atoms with van der Waals surface area (Å²) in [6, 6.07) is 22.2. The first-order chi connectivity index (χ1) is 14.6. The molecule has 6 nitrogen and oxygen atoms in total. The summed E-state index contributed by atoms with van der Waals surface area (Å²) >= 11 is 0. The summed E-state index contributed by atoms with van der Waals surface area (Å²) in [4.78, 5) is 23.9. The van der Waals surface area contributed by atoms with Crippen LogP contribution in [0.5, 0.6) is 5.75 Å². The number of methoxy groups -OCH3 is 2. The Morgan fingerprint density at radius 3 is 2.37 bits per heavy atom. The zero-order valence-electron chi connectivity index (χ0n) is 16.6. The highest BCUT2D eigenvalue weighted by molar-refractivity contribution is 5.91. The van der Waals surface area contributed by atoms with E-state index in [1.54, 1.807) is 19.2 Å². The molecule has 0 saturated carbocycles. The van der Waals surface area contributed by atoms with E-state index in [-0.39, 0.29) is 12.0 Å². The quantitative estimate of drug-likeness (QED) is 0.627. The SMILES string of the molecule is COC(=O)c1cccc(-c2cccc([C@H]3NC(=O)O[C@@H]3c3cccc(OC)c3)c2)c1. The van der Waals surface area contributed by atoms with Gasteiger partial charge in [-0.1, -0.05) is 42.5 Å². The van der Waals surface area contributed by atoms with E-state index in [0.717, 1.165) is 22.3 Å². The van der Waals surface area contributed by atoms with E-state index in [2.05, 4.69) is 5.32 Å². The van der Waals surface area contributed by atoms with E-state index in [0.29, 0.717) is 11.3 Å². The van der Waals surface area contributed by atoms with Gasteiger partial charge < -0.3 is 19.5 Å². The molecule has 0 aromatic heterocycles. The maximum Gasteiger partial charge on any atom is 0.408 e. The number of nitrogens with one attached hydrogen (secondary N) is 1. The van der Waals surface area contributed by atoms with Crippen LogP contribution in [0.25, 0.3) is 11.1 Å². The van der Waals surface area contributed by atoms with E-state index in [1.807, 2.05) is 60.7 Å². The van der Waals surface area contributed by atoms with Gasteiger partial charge in [0.25, 0.3) is 0 Å². The normalized spacial score (nSPS) is 17.7. The molecular weight excluding hydrogens is 382 g/mol. The molecule has 3 aromatic rings. The van der Waals surface area contributed by atoms with Crippen molar-refractivity contribution >= 4 is 12.1 Å². The highest BCUT2D eigenvalue weighted by atomic mass is 16.6. The maximum atomic E-state index is 12.1. The molecule has 1 heterocycles. The number of benzene rings is 3. The van der Waals surface area contributed by atoms with Gasteiger partial charge in [-0.05, 0) is 52.6 Å².